The number of ether oxygens (including phenoxy) is 1. The zero-order chi connectivity index (χ0) is 24.9. The number of carbonyl (C=O) groups excluding carboxylic acids is 3. The molecule has 4 rings (SSSR count). The fourth-order valence-electron chi connectivity index (χ4n) is 4.50. The Labute approximate surface area is 203 Å². The lowest BCUT2D eigenvalue weighted by molar-refractivity contribution is -0.149. The number of halogens is 2. The third-order valence-corrected chi connectivity index (χ3v) is 6.60. The zero-order valence-electron chi connectivity index (χ0n) is 19.8. The average molecular weight is 485 g/mol. The van der Waals surface area contributed by atoms with Gasteiger partial charge in [-0.2, -0.15) is 0 Å². The summed E-state index contributed by atoms with van der Waals surface area (Å²) in [6, 6.07) is 10.3. The van der Waals surface area contributed by atoms with E-state index < -0.39 is 29.7 Å². The summed E-state index contributed by atoms with van der Waals surface area (Å²) in [6.07, 6.45) is 3.20. The molecular formula is C27H30F2N2O4. The predicted molar refractivity (Wildman–Crippen MR) is 125 cm³/mol. The van der Waals surface area contributed by atoms with Gasteiger partial charge in [-0.3, -0.25) is 9.59 Å². The minimum Gasteiger partial charge on any atom is -0.459 e. The molecule has 8 heteroatoms. The zero-order valence-corrected chi connectivity index (χ0v) is 19.8. The van der Waals surface area contributed by atoms with Crippen LogP contribution in [0.1, 0.15) is 55.2 Å². The molecule has 1 N–H and O–H groups in total. The first-order valence-electron chi connectivity index (χ1n) is 12.0. The largest absolute Gasteiger partial charge is 0.459 e. The Kier molecular flexibility index (Phi) is 7.78. The summed E-state index contributed by atoms with van der Waals surface area (Å²) in [5.74, 6) is -2.64. The molecule has 0 unspecified atom stereocenters. The number of hydrogen-bond acceptors (Lipinski definition) is 4. The van der Waals surface area contributed by atoms with E-state index >= 15 is 0 Å². The fraction of sp³-hybridized carbons (Fsp3) is 0.444. The number of hydrogen-bond donors (Lipinski definition) is 1. The van der Waals surface area contributed by atoms with Gasteiger partial charge >= 0.3 is 5.97 Å². The Hall–Kier alpha value is -3.29. The second kappa shape index (κ2) is 11.0. The van der Waals surface area contributed by atoms with Crippen molar-refractivity contribution < 1.29 is 27.9 Å². The van der Waals surface area contributed by atoms with Gasteiger partial charge < -0.3 is 15.0 Å². The Morgan fingerprint density at radius 3 is 2.66 bits per heavy atom. The molecule has 2 aromatic carbocycles. The summed E-state index contributed by atoms with van der Waals surface area (Å²) in [6.45, 7) is 1.98. The van der Waals surface area contributed by atoms with Gasteiger partial charge in [-0.05, 0) is 37.3 Å². The summed E-state index contributed by atoms with van der Waals surface area (Å²) in [7, 11) is 0. The number of benzene rings is 2. The van der Waals surface area contributed by atoms with Crippen molar-refractivity contribution in [1.29, 1.82) is 0 Å². The van der Waals surface area contributed by atoms with Gasteiger partial charge in [0.15, 0.2) is 11.6 Å². The first-order chi connectivity index (χ1) is 16.8. The lowest BCUT2D eigenvalue weighted by Gasteiger charge is -2.26. The second-order valence-electron chi connectivity index (χ2n) is 9.53. The maximum atomic E-state index is 14.1. The van der Waals surface area contributed by atoms with E-state index in [1.165, 1.54) is 17.0 Å². The number of nitrogens with one attached hydrogen (secondary N) is 1. The molecule has 0 spiro atoms. The van der Waals surface area contributed by atoms with Gasteiger partial charge in [0.05, 0.1) is 0 Å². The van der Waals surface area contributed by atoms with Crippen molar-refractivity contribution in [3.8, 4) is 0 Å². The third-order valence-electron chi connectivity index (χ3n) is 6.60. The van der Waals surface area contributed by atoms with E-state index in [0.29, 0.717) is 18.8 Å². The average Bonchev–Trinajstić information content (AvgIpc) is 3.58. The van der Waals surface area contributed by atoms with Crippen molar-refractivity contribution in [2.45, 2.75) is 70.7 Å². The fourth-order valence-corrected chi connectivity index (χ4v) is 4.50. The molecule has 1 aliphatic heterocycles. The first-order valence-corrected chi connectivity index (χ1v) is 12.0. The number of esters is 1. The molecule has 2 amide bonds. The summed E-state index contributed by atoms with van der Waals surface area (Å²) in [5, 5.41) is 2.80. The van der Waals surface area contributed by atoms with Crippen molar-refractivity contribution in [2.24, 2.45) is 5.92 Å². The molecule has 2 aromatic rings. The molecule has 2 aliphatic rings. The van der Waals surface area contributed by atoms with Crippen LogP contribution in [0.15, 0.2) is 42.5 Å². The SMILES string of the molecule is Cc1cccc(COC(=O)[C@H](CC2CC2)NC(=O)C[C@@H]2CCC(=O)N2Cc2cccc(F)c2F)c1. The van der Waals surface area contributed by atoms with Gasteiger partial charge in [-0.15, -0.1) is 0 Å². The van der Waals surface area contributed by atoms with Gasteiger partial charge in [0.1, 0.15) is 12.6 Å². The van der Waals surface area contributed by atoms with Crippen molar-refractivity contribution >= 4 is 17.8 Å². The van der Waals surface area contributed by atoms with E-state index in [0.717, 1.165) is 30.0 Å². The van der Waals surface area contributed by atoms with Gasteiger partial charge in [0.25, 0.3) is 0 Å². The standard InChI is InChI=1S/C27H30F2N2O4/c1-17-4-2-5-19(12-17)16-35-27(34)23(13-18-8-9-18)30-24(32)14-21-10-11-25(33)31(21)15-20-6-3-7-22(28)26(20)29/h2-7,12,18,21,23H,8-11,13-16H2,1H3,(H,30,32)/t21-,23-/m0/s1. The van der Waals surface area contributed by atoms with E-state index in [1.807, 2.05) is 31.2 Å². The molecular weight excluding hydrogens is 454 g/mol. The molecule has 1 heterocycles. The Morgan fingerprint density at radius 1 is 1.14 bits per heavy atom. The summed E-state index contributed by atoms with van der Waals surface area (Å²) < 4.78 is 33.2. The number of aryl methyl sites for hydroxylation is 1. The molecule has 2 atom stereocenters. The molecule has 0 radical (unpaired) electrons. The van der Waals surface area contributed by atoms with Crippen molar-refractivity contribution in [1.82, 2.24) is 10.2 Å². The van der Waals surface area contributed by atoms with Gasteiger partial charge in [0, 0.05) is 31.0 Å². The quantitative estimate of drug-likeness (QED) is 0.514. The Morgan fingerprint density at radius 2 is 1.91 bits per heavy atom. The summed E-state index contributed by atoms with van der Waals surface area (Å²) in [5.41, 5.74) is 2.01. The number of likely N-dealkylation sites (tertiary alicyclic amines) is 1. The van der Waals surface area contributed by atoms with Crippen LogP contribution in [-0.4, -0.2) is 34.8 Å². The second-order valence-corrected chi connectivity index (χ2v) is 9.53. The van der Waals surface area contributed by atoms with Crippen LogP contribution in [0, 0.1) is 24.5 Å². The molecule has 0 aromatic heterocycles. The Bertz CT molecular complexity index is 1100. The number of nitrogens with zero attached hydrogens (tertiary/aromatic N) is 1. The number of carbonyl (C=O) groups is 3. The molecule has 35 heavy (non-hydrogen) atoms. The Balaban J connectivity index is 1.36. The van der Waals surface area contributed by atoms with E-state index in [1.54, 1.807) is 0 Å². The van der Waals surface area contributed by atoms with E-state index in [-0.39, 0.29) is 43.4 Å². The lowest BCUT2D eigenvalue weighted by Crippen LogP contribution is -2.44. The van der Waals surface area contributed by atoms with E-state index in [4.69, 9.17) is 4.74 Å². The van der Waals surface area contributed by atoms with E-state index in [2.05, 4.69) is 5.32 Å². The van der Waals surface area contributed by atoms with Gasteiger partial charge in [0.2, 0.25) is 11.8 Å². The summed E-state index contributed by atoms with van der Waals surface area (Å²) in [4.78, 5) is 39.5. The molecule has 1 aliphatic carbocycles. The molecule has 2 fully saturated rings. The highest BCUT2D eigenvalue weighted by atomic mass is 19.2. The van der Waals surface area contributed by atoms with Gasteiger partial charge in [-0.25, -0.2) is 13.6 Å². The normalized spacial score (nSPS) is 18.4. The third kappa shape index (κ3) is 6.65. The van der Waals surface area contributed by atoms with Crippen LogP contribution in [0.25, 0.3) is 0 Å². The number of rotatable bonds is 10. The van der Waals surface area contributed by atoms with Crippen LogP contribution in [0.4, 0.5) is 8.78 Å². The highest BCUT2D eigenvalue weighted by Gasteiger charge is 2.35. The minimum absolute atomic E-state index is 0.0188. The highest BCUT2D eigenvalue weighted by molar-refractivity contribution is 5.86. The minimum atomic E-state index is -0.990. The maximum absolute atomic E-state index is 14.1. The highest BCUT2D eigenvalue weighted by Crippen LogP contribution is 2.34. The molecule has 1 saturated heterocycles. The van der Waals surface area contributed by atoms with Crippen LogP contribution in [-0.2, 0) is 32.3 Å². The molecule has 6 nitrogen and oxygen atoms in total. The monoisotopic (exact) mass is 484 g/mol. The van der Waals surface area contributed by atoms with Crippen LogP contribution in [0.3, 0.4) is 0 Å². The van der Waals surface area contributed by atoms with Gasteiger partial charge in [-0.1, -0.05) is 54.8 Å². The first kappa shape index (κ1) is 24.8. The van der Waals surface area contributed by atoms with Crippen molar-refractivity contribution in [3.63, 3.8) is 0 Å². The smallest absolute Gasteiger partial charge is 0.328 e. The lowest BCUT2D eigenvalue weighted by atomic mass is 10.1. The molecule has 186 valence electrons. The van der Waals surface area contributed by atoms with Crippen molar-refractivity contribution in [2.75, 3.05) is 0 Å². The summed E-state index contributed by atoms with van der Waals surface area (Å²) >= 11 is 0. The van der Waals surface area contributed by atoms with Crippen LogP contribution in [0.2, 0.25) is 0 Å². The molecule has 0 bridgehead atoms. The molecule has 1 saturated carbocycles. The van der Waals surface area contributed by atoms with Crippen LogP contribution >= 0.6 is 0 Å². The van der Waals surface area contributed by atoms with E-state index in [9.17, 15) is 23.2 Å². The van der Waals surface area contributed by atoms with Crippen LogP contribution in [0.5, 0.6) is 0 Å². The predicted octanol–water partition coefficient (Wildman–Crippen LogP) is 4.18. The van der Waals surface area contributed by atoms with Crippen molar-refractivity contribution in [3.05, 3.63) is 70.8 Å². The van der Waals surface area contributed by atoms with Crippen LogP contribution < -0.4 is 5.32 Å². The topological polar surface area (TPSA) is 75.7 Å². The maximum Gasteiger partial charge on any atom is 0.328 e. The number of amides is 2.